The Labute approximate surface area is 231 Å². The predicted octanol–water partition coefficient (Wildman–Crippen LogP) is 4.76. The first-order valence-corrected chi connectivity index (χ1v) is 13.7. The van der Waals surface area contributed by atoms with E-state index in [0.29, 0.717) is 24.7 Å². The maximum atomic E-state index is 14.2. The lowest BCUT2D eigenvalue weighted by Crippen LogP contribution is -2.52. The van der Waals surface area contributed by atoms with E-state index in [-0.39, 0.29) is 36.6 Å². The molecule has 0 aromatic heterocycles. The van der Waals surface area contributed by atoms with Crippen molar-refractivity contribution in [3.63, 3.8) is 0 Å². The van der Waals surface area contributed by atoms with Crippen molar-refractivity contribution in [2.24, 2.45) is 5.92 Å². The first kappa shape index (κ1) is 27.7. The summed E-state index contributed by atoms with van der Waals surface area (Å²) < 4.78 is 42.0. The number of rotatable bonds is 6. The second-order valence-corrected chi connectivity index (χ2v) is 10.7. The van der Waals surface area contributed by atoms with Crippen molar-refractivity contribution in [2.75, 3.05) is 26.2 Å². The van der Waals surface area contributed by atoms with Gasteiger partial charge in [-0.15, -0.1) is 0 Å². The number of amides is 4. The van der Waals surface area contributed by atoms with Gasteiger partial charge in [-0.2, -0.15) is 13.2 Å². The van der Waals surface area contributed by atoms with Crippen molar-refractivity contribution in [3.05, 3.63) is 82.6 Å². The van der Waals surface area contributed by atoms with Crippen LogP contribution in [0, 0.1) is 5.92 Å². The van der Waals surface area contributed by atoms with Crippen molar-refractivity contribution < 1.29 is 27.6 Å². The Balaban J connectivity index is 1.55. The molecular formula is C30H33F3N4O3. The molecule has 2 unspecified atom stereocenters. The number of likely N-dealkylation sites (tertiary alicyclic amines) is 1. The smallest absolute Gasteiger partial charge is 0.341 e. The van der Waals surface area contributed by atoms with Gasteiger partial charge in [-0.25, -0.2) is 4.79 Å². The Morgan fingerprint density at radius 2 is 1.68 bits per heavy atom. The zero-order valence-electron chi connectivity index (χ0n) is 22.6. The number of carbonyl (C=O) groups is 3. The molecule has 40 heavy (non-hydrogen) atoms. The lowest BCUT2D eigenvalue weighted by atomic mass is 9.91. The van der Waals surface area contributed by atoms with E-state index >= 15 is 0 Å². The topological polar surface area (TPSA) is 73.0 Å². The van der Waals surface area contributed by atoms with Crippen molar-refractivity contribution in [3.8, 4) is 0 Å². The maximum absolute atomic E-state index is 14.2. The number of likely N-dealkylation sites (N-methyl/N-ethyl adjacent to an activating group) is 1. The molecule has 0 aliphatic carbocycles. The monoisotopic (exact) mass is 554 g/mol. The van der Waals surface area contributed by atoms with Gasteiger partial charge in [0, 0.05) is 26.1 Å². The third-order valence-corrected chi connectivity index (χ3v) is 8.17. The van der Waals surface area contributed by atoms with Crippen LogP contribution in [0.3, 0.4) is 0 Å². The van der Waals surface area contributed by atoms with E-state index in [1.165, 1.54) is 28.0 Å². The van der Waals surface area contributed by atoms with Gasteiger partial charge in [0.15, 0.2) is 0 Å². The van der Waals surface area contributed by atoms with Crippen molar-refractivity contribution in [1.29, 1.82) is 0 Å². The van der Waals surface area contributed by atoms with E-state index in [2.05, 4.69) is 12.2 Å². The second kappa shape index (κ2) is 11.0. The number of urea groups is 1. The van der Waals surface area contributed by atoms with Gasteiger partial charge >= 0.3 is 12.2 Å². The van der Waals surface area contributed by atoms with Crippen LogP contribution in [-0.4, -0.2) is 64.8 Å². The highest BCUT2D eigenvalue weighted by Gasteiger charge is 2.49. The Kier molecular flexibility index (Phi) is 7.61. The van der Waals surface area contributed by atoms with Crippen molar-refractivity contribution >= 4 is 17.8 Å². The molecule has 0 bridgehead atoms. The average Bonchev–Trinajstić information content (AvgIpc) is 3.28. The van der Waals surface area contributed by atoms with Gasteiger partial charge in [-0.05, 0) is 42.9 Å². The summed E-state index contributed by atoms with van der Waals surface area (Å²) in [5.41, 5.74) is 0.178. The summed E-state index contributed by atoms with van der Waals surface area (Å²) in [6, 6.07) is 11.6. The van der Waals surface area contributed by atoms with Crippen LogP contribution in [0.1, 0.15) is 49.4 Å². The number of halogens is 3. The van der Waals surface area contributed by atoms with E-state index in [4.69, 9.17) is 0 Å². The van der Waals surface area contributed by atoms with Crippen LogP contribution in [0.15, 0.2) is 65.9 Å². The van der Waals surface area contributed by atoms with Crippen LogP contribution in [0.5, 0.6) is 0 Å². The highest BCUT2D eigenvalue weighted by Crippen LogP contribution is 2.42. The number of benzene rings is 2. The highest BCUT2D eigenvalue weighted by molar-refractivity contribution is 6.03. The molecule has 212 valence electrons. The van der Waals surface area contributed by atoms with E-state index in [1.807, 2.05) is 30.3 Å². The number of hydrogen-bond acceptors (Lipinski definition) is 3. The van der Waals surface area contributed by atoms with Crippen LogP contribution in [-0.2, 0) is 22.2 Å². The first-order chi connectivity index (χ1) is 19.1. The van der Waals surface area contributed by atoms with Crippen molar-refractivity contribution in [2.45, 2.75) is 51.4 Å². The van der Waals surface area contributed by atoms with Gasteiger partial charge in [0.05, 0.1) is 29.4 Å². The first-order valence-electron chi connectivity index (χ1n) is 13.7. The second-order valence-electron chi connectivity index (χ2n) is 10.7. The molecule has 3 heterocycles. The van der Waals surface area contributed by atoms with Crippen LogP contribution in [0.4, 0.5) is 18.0 Å². The summed E-state index contributed by atoms with van der Waals surface area (Å²) in [4.78, 5) is 45.8. The largest absolute Gasteiger partial charge is 0.416 e. The molecule has 10 heteroatoms. The molecule has 3 aliphatic heterocycles. The third kappa shape index (κ3) is 5.19. The SMILES string of the molecule is CCN1C(=O)NC(c2ccccc2C(F)(F)F)C2=C1CN(C(Cc1ccccc1)C(=O)N1CCC(C)CC1)C2=O. The van der Waals surface area contributed by atoms with Gasteiger partial charge < -0.3 is 15.1 Å². The minimum absolute atomic E-state index is 0.0341. The summed E-state index contributed by atoms with van der Waals surface area (Å²) in [6.45, 7) is 5.25. The number of piperidine rings is 1. The normalized spacial score (nSPS) is 21.0. The fraction of sp³-hybridized carbons (Fsp3) is 0.433. The molecule has 7 nitrogen and oxygen atoms in total. The highest BCUT2D eigenvalue weighted by atomic mass is 19.4. The molecule has 1 N–H and O–H groups in total. The molecule has 0 saturated carbocycles. The summed E-state index contributed by atoms with van der Waals surface area (Å²) in [5.74, 6) is -0.211. The average molecular weight is 555 g/mol. The standard InChI is InChI=1S/C30H33F3N4O3/c1-3-36-24-18-37(23(17-20-9-5-4-6-10-20)27(38)35-15-13-19(2)14-16-35)28(39)25(24)26(34-29(36)40)21-11-7-8-12-22(21)30(31,32)33/h4-12,19,23,26H,3,13-18H2,1-2H3,(H,34,40). The molecule has 0 radical (unpaired) electrons. The van der Waals surface area contributed by atoms with Gasteiger partial charge in [-0.3, -0.25) is 14.5 Å². The van der Waals surface area contributed by atoms with Crippen molar-refractivity contribution in [1.82, 2.24) is 20.0 Å². The van der Waals surface area contributed by atoms with E-state index in [9.17, 15) is 27.6 Å². The zero-order valence-corrected chi connectivity index (χ0v) is 22.6. The molecule has 5 rings (SSSR count). The minimum Gasteiger partial charge on any atom is -0.341 e. The van der Waals surface area contributed by atoms with E-state index in [0.717, 1.165) is 24.5 Å². The number of nitrogens with zero attached hydrogens (tertiary/aromatic N) is 3. The molecule has 0 spiro atoms. The molecular weight excluding hydrogens is 521 g/mol. The summed E-state index contributed by atoms with van der Waals surface area (Å²) in [7, 11) is 0. The zero-order chi connectivity index (χ0) is 28.6. The molecule has 3 aliphatic rings. The lowest BCUT2D eigenvalue weighted by molar-refractivity contribution is -0.144. The lowest BCUT2D eigenvalue weighted by Gasteiger charge is -2.36. The summed E-state index contributed by atoms with van der Waals surface area (Å²) >= 11 is 0. The third-order valence-electron chi connectivity index (χ3n) is 8.17. The number of hydrogen-bond donors (Lipinski definition) is 1. The fourth-order valence-corrected chi connectivity index (χ4v) is 5.95. The number of alkyl halides is 3. The van der Waals surface area contributed by atoms with Gasteiger partial charge in [0.2, 0.25) is 5.91 Å². The molecule has 1 saturated heterocycles. The Morgan fingerprint density at radius 1 is 1.02 bits per heavy atom. The maximum Gasteiger partial charge on any atom is 0.416 e. The minimum atomic E-state index is -4.68. The van der Waals surface area contributed by atoms with E-state index in [1.54, 1.807) is 11.8 Å². The molecule has 1 fully saturated rings. The Bertz CT molecular complexity index is 1320. The van der Waals surface area contributed by atoms with Gasteiger partial charge in [0.1, 0.15) is 6.04 Å². The van der Waals surface area contributed by atoms with Crippen LogP contribution < -0.4 is 5.32 Å². The summed E-state index contributed by atoms with van der Waals surface area (Å²) in [5, 5.41) is 2.64. The summed E-state index contributed by atoms with van der Waals surface area (Å²) in [6.07, 6.45) is -2.69. The van der Waals surface area contributed by atoms with Crippen LogP contribution in [0.2, 0.25) is 0 Å². The fourth-order valence-electron chi connectivity index (χ4n) is 5.95. The Morgan fingerprint density at radius 3 is 2.33 bits per heavy atom. The van der Waals surface area contributed by atoms with Gasteiger partial charge in [-0.1, -0.05) is 55.5 Å². The van der Waals surface area contributed by atoms with Crippen LogP contribution in [0.25, 0.3) is 0 Å². The Hall–Kier alpha value is -3.82. The molecule has 4 amide bonds. The van der Waals surface area contributed by atoms with E-state index < -0.39 is 35.8 Å². The number of nitrogens with one attached hydrogen (secondary N) is 1. The quantitative estimate of drug-likeness (QED) is 0.560. The van der Waals surface area contributed by atoms with Crippen LogP contribution >= 0.6 is 0 Å². The van der Waals surface area contributed by atoms with Gasteiger partial charge in [0.25, 0.3) is 5.91 Å². The number of carbonyl (C=O) groups excluding carboxylic acids is 3. The molecule has 2 aromatic carbocycles. The predicted molar refractivity (Wildman–Crippen MR) is 143 cm³/mol. The molecule has 2 atom stereocenters. The molecule has 2 aromatic rings.